The van der Waals surface area contributed by atoms with Crippen LogP contribution in [-0.2, 0) is 9.53 Å². The molecular formula is C17H14ClNO4. The first kappa shape index (κ1) is 16.7. The minimum atomic E-state index is -0.969. The summed E-state index contributed by atoms with van der Waals surface area (Å²) < 4.78 is 5.10. The lowest BCUT2D eigenvalue weighted by atomic mass is 10.1. The Morgan fingerprint density at radius 1 is 1.09 bits per heavy atom. The molecule has 2 rings (SSSR count). The van der Waals surface area contributed by atoms with Crippen LogP contribution in [0.15, 0.2) is 48.5 Å². The normalized spacial score (nSPS) is 11.4. The lowest BCUT2D eigenvalue weighted by Gasteiger charge is -2.13. The summed E-state index contributed by atoms with van der Waals surface area (Å²) in [6.07, 6.45) is -0.291. The van der Waals surface area contributed by atoms with Crippen LogP contribution in [0.4, 0.5) is 5.69 Å². The van der Waals surface area contributed by atoms with Gasteiger partial charge in [0, 0.05) is 16.3 Å². The number of benzene rings is 2. The number of aldehydes is 1. The van der Waals surface area contributed by atoms with Crippen molar-refractivity contribution in [3.05, 3.63) is 64.7 Å². The Morgan fingerprint density at radius 3 is 2.26 bits per heavy atom. The van der Waals surface area contributed by atoms with Gasteiger partial charge in [0.1, 0.15) is 6.29 Å². The van der Waals surface area contributed by atoms with Gasteiger partial charge in [0.2, 0.25) is 0 Å². The number of rotatable bonds is 5. The predicted octanol–water partition coefficient (Wildman–Crippen LogP) is 3.34. The van der Waals surface area contributed by atoms with Crippen molar-refractivity contribution < 1.29 is 19.1 Å². The van der Waals surface area contributed by atoms with Crippen LogP contribution in [0.2, 0.25) is 5.02 Å². The van der Waals surface area contributed by atoms with Crippen LogP contribution in [0.3, 0.4) is 0 Å². The SMILES string of the molecule is C[C@@H](OC(=O)c1ccc(C=O)cc1)C(=O)Nc1ccc(Cl)cc1. The van der Waals surface area contributed by atoms with Crippen molar-refractivity contribution in [2.45, 2.75) is 13.0 Å². The van der Waals surface area contributed by atoms with Crippen molar-refractivity contribution >= 4 is 35.5 Å². The van der Waals surface area contributed by atoms with Gasteiger partial charge >= 0.3 is 5.97 Å². The Hall–Kier alpha value is -2.66. The summed E-state index contributed by atoms with van der Waals surface area (Å²) in [7, 11) is 0. The van der Waals surface area contributed by atoms with Gasteiger partial charge in [0.05, 0.1) is 5.56 Å². The highest BCUT2D eigenvalue weighted by Crippen LogP contribution is 2.14. The Bertz CT molecular complexity index is 710. The molecule has 5 nitrogen and oxygen atoms in total. The third kappa shape index (κ3) is 4.66. The molecule has 0 aliphatic carbocycles. The summed E-state index contributed by atoms with van der Waals surface area (Å²) in [5, 5.41) is 3.18. The van der Waals surface area contributed by atoms with Crippen molar-refractivity contribution in [1.82, 2.24) is 0 Å². The highest BCUT2D eigenvalue weighted by Gasteiger charge is 2.19. The average molecular weight is 332 g/mol. The van der Waals surface area contributed by atoms with E-state index in [9.17, 15) is 14.4 Å². The smallest absolute Gasteiger partial charge is 0.338 e. The molecule has 0 unspecified atom stereocenters. The minimum Gasteiger partial charge on any atom is -0.449 e. The fraction of sp³-hybridized carbons (Fsp3) is 0.118. The number of carbonyl (C=O) groups excluding carboxylic acids is 3. The number of halogens is 1. The van der Waals surface area contributed by atoms with E-state index < -0.39 is 18.0 Å². The Kier molecular flexibility index (Phi) is 5.49. The van der Waals surface area contributed by atoms with Gasteiger partial charge in [-0.05, 0) is 43.3 Å². The van der Waals surface area contributed by atoms with Gasteiger partial charge in [-0.3, -0.25) is 9.59 Å². The van der Waals surface area contributed by atoms with Crippen molar-refractivity contribution in [1.29, 1.82) is 0 Å². The third-order valence-electron chi connectivity index (χ3n) is 3.05. The lowest BCUT2D eigenvalue weighted by Crippen LogP contribution is -2.30. The van der Waals surface area contributed by atoms with Crippen molar-refractivity contribution in [2.24, 2.45) is 0 Å². The van der Waals surface area contributed by atoms with Crippen LogP contribution < -0.4 is 5.32 Å². The van der Waals surface area contributed by atoms with Gasteiger partial charge in [0.25, 0.3) is 5.91 Å². The van der Waals surface area contributed by atoms with E-state index in [0.717, 1.165) is 0 Å². The summed E-state index contributed by atoms with van der Waals surface area (Å²) in [6.45, 7) is 1.48. The first-order valence-electron chi connectivity index (χ1n) is 6.82. The van der Waals surface area contributed by atoms with Crippen LogP contribution in [0.25, 0.3) is 0 Å². The lowest BCUT2D eigenvalue weighted by molar-refractivity contribution is -0.123. The Morgan fingerprint density at radius 2 is 1.70 bits per heavy atom. The zero-order chi connectivity index (χ0) is 16.8. The molecule has 2 aromatic carbocycles. The second kappa shape index (κ2) is 7.56. The molecule has 0 spiro atoms. The Labute approximate surface area is 138 Å². The largest absolute Gasteiger partial charge is 0.449 e. The van der Waals surface area contributed by atoms with Crippen LogP contribution in [0.1, 0.15) is 27.6 Å². The monoisotopic (exact) mass is 331 g/mol. The molecule has 118 valence electrons. The molecule has 0 aliphatic heterocycles. The molecule has 0 saturated heterocycles. The van der Waals surface area contributed by atoms with Crippen molar-refractivity contribution in [2.75, 3.05) is 5.32 Å². The van der Waals surface area contributed by atoms with Crippen molar-refractivity contribution in [3.8, 4) is 0 Å². The number of nitrogens with one attached hydrogen (secondary N) is 1. The highest BCUT2D eigenvalue weighted by molar-refractivity contribution is 6.30. The number of anilines is 1. The quantitative estimate of drug-likeness (QED) is 0.673. The average Bonchev–Trinajstić information content (AvgIpc) is 2.56. The van der Waals surface area contributed by atoms with E-state index in [0.29, 0.717) is 22.6 Å². The first-order valence-corrected chi connectivity index (χ1v) is 7.20. The number of amides is 1. The fourth-order valence-corrected chi connectivity index (χ4v) is 1.88. The predicted molar refractivity (Wildman–Crippen MR) is 86.8 cm³/mol. The molecule has 23 heavy (non-hydrogen) atoms. The number of ether oxygens (including phenoxy) is 1. The van der Waals surface area contributed by atoms with Gasteiger partial charge in [-0.25, -0.2) is 4.79 Å². The molecule has 0 bridgehead atoms. The zero-order valence-electron chi connectivity index (χ0n) is 12.3. The molecule has 1 atom stereocenters. The van der Waals surface area contributed by atoms with E-state index in [-0.39, 0.29) is 5.56 Å². The maximum Gasteiger partial charge on any atom is 0.338 e. The van der Waals surface area contributed by atoms with Crippen molar-refractivity contribution in [3.63, 3.8) is 0 Å². The molecule has 2 aromatic rings. The number of esters is 1. The summed E-state index contributed by atoms with van der Waals surface area (Å²) in [5.74, 6) is -1.09. The van der Waals surface area contributed by atoms with Crippen LogP contribution in [0, 0.1) is 0 Å². The molecule has 0 fully saturated rings. The van der Waals surface area contributed by atoms with E-state index in [1.54, 1.807) is 24.3 Å². The number of hydrogen-bond donors (Lipinski definition) is 1. The topological polar surface area (TPSA) is 72.5 Å². The summed E-state index contributed by atoms with van der Waals surface area (Å²) in [5.41, 5.74) is 1.27. The second-order valence-electron chi connectivity index (χ2n) is 4.78. The Balaban J connectivity index is 1.95. The maximum atomic E-state index is 12.0. The summed E-state index contributed by atoms with van der Waals surface area (Å²) in [6, 6.07) is 12.5. The van der Waals surface area contributed by atoms with Gasteiger partial charge in [-0.2, -0.15) is 0 Å². The van der Waals surface area contributed by atoms with Crippen LogP contribution in [-0.4, -0.2) is 24.3 Å². The molecule has 1 amide bonds. The molecule has 6 heteroatoms. The fourth-order valence-electron chi connectivity index (χ4n) is 1.76. The van der Waals surface area contributed by atoms with E-state index in [1.165, 1.54) is 31.2 Å². The van der Waals surface area contributed by atoms with Gasteiger partial charge in [-0.1, -0.05) is 23.7 Å². The zero-order valence-corrected chi connectivity index (χ0v) is 13.0. The van der Waals surface area contributed by atoms with E-state index in [2.05, 4.69) is 5.32 Å². The van der Waals surface area contributed by atoms with Gasteiger partial charge in [0.15, 0.2) is 6.10 Å². The van der Waals surface area contributed by atoms with Gasteiger partial charge in [-0.15, -0.1) is 0 Å². The number of hydrogen-bond acceptors (Lipinski definition) is 4. The molecule has 0 heterocycles. The third-order valence-corrected chi connectivity index (χ3v) is 3.30. The number of carbonyl (C=O) groups is 3. The first-order chi connectivity index (χ1) is 11.0. The maximum absolute atomic E-state index is 12.0. The molecule has 0 radical (unpaired) electrons. The van der Waals surface area contributed by atoms with Crippen LogP contribution in [0.5, 0.6) is 0 Å². The summed E-state index contributed by atoms with van der Waals surface area (Å²) >= 11 is 5.77. The second-order valence-corrected chi connectivity index (χ2v) is 5.22. The molecule has 0 aromatic heterocycles. The van der Waals surface area contributed by atoms with E-state index in [1.807, 2.05) is 0 Å². The van der Waals surface area contributed by atoms with E-state index >= 15 is 0 Å². The summed E-state index contributed by atoms with van der Waals surface area (Å²) in [4.78, 5) is 34.5. The van der Waals surface area contributed by atoms with E-state index in [4.69, 9.17) is 16.3 Å². The van der Waals surface area contributed by atoms with Crippen LogP contribution >= 0.6 is 11.6 Å². The molecule has 0 saturated carbocycles. The van der Waals surface area contributed by atoms with Gasteiger partial charge < -0.3 is 10.1 Å². The minimum absolute atomic E-state index is 0.266. The highest BCUT2D eigenvalue weighted by atomic mass is 35.5. The molecular weight excluding hydrogens is 318 g/mol. The standard InChI is InChI=1S/C17H14ClNO4/c1-11(16(21)19-15-8-6-14(18)7-9-15)23-17(22)13-4-2-12(10-20)3-5-13/h2-11H,1H3,(H,19,21)/t11-/m1/s1. The molecule has 0 aliphatic rings. The molecule has 1 N–H and O–H groups in total.